The Labute approximate surface area is 148 Å². The first-order valence-corrected chi connectivity index (χ1v) is 9.32. The molecule has 7 nitrogen and oxygen atoms in total. The van der Waals surface area contributed by atoms with E-state index in [1.165, 1.54) is 6.07 Å². The van der Waals surface area contributed by atoms with Gasteiger partial charge in [-0.1, -0.05) is 13.0 Å². The standard InChI is InChI=1S/C15H19F3N2O5S/c1-2-20(9-14(21)22)11-6-10(7-11)19-26(23,24)13-5-3-4-12(8-13)25-15(16,17)18/h3-5,8,10-11,19H,2,6-7,9H2,1H3,(H,21,22). The minimum atomic E-state index is -4.91. The zero-order chi connectivity index (χ0) is 19.5. The minimum absolute atomic E-state index is 0.0521. The van der Waals surface area contributed by atoms with Gasteiger partial charge >= 0.3 is 12.3 Å². The quantitative estimate of drug-likeness (QED) is 0.696. The van der Waals surface area contributed by atoms with Crippen molar-refractivity contribution in [3.05, 3.63) is 24.3 Å². The molecule has 0 saturated heterocycles. The van der Waals surface area contributed by atoms with Crippen molar-refractivity contribution in [3.8, 4) is 5.75 Å². The van der Waals surface area contributed by atoms with Gasteiger partial charge in [-0.25, -0.2) is 13.1 Å². The Morgan fingerprint density at radius 1 is 1.38 bits per heavy atom. The van der Waals surface area contributed by atoms with Gasteiger partial charge in [-0.05, 0) is 31.5 Å². The van der Waals surface area contributed by atoms with Crippen LogP contribution in [0.15, 0.2) is 29.2 Å². The molecule has 0 spiro atoms. The molecule has 2 rings (SSSR count). The van der Waals surface area contributed by atoms with Crippen LogP contribution >= 0.6 is 0 Å². The molecule has 1 saturated carbocycles. The molecule has 1 aliphatic carbocycles. The molecule has 1 aliphatic rings. The highest BCUT2D eigenvalue weighted by Gasteiger charge is 2.36. The number of likely N-dealkylation sites (N-methyl/N-ethyl adjacent to an activating group) is 1. The van der Waals surface area contributed by atoms with E-state index in [9.17, 15) is 26.4 Å². The fourth-order valence-corrected chi connectivity index (χ4v) is 4.08. The first kappa shape index (κ1) is 20.5. The number of ether oxygens (including phenoxy) is 1. The summed E-state index contributed by atoms with van der Waals surface area (Å²) in [5, 5.41) is 8.85. The smallest absolute Gasteiger partial charge is 0.480 e. The second-order valence-electron chi connectivity index (χ2n) is 5.92. The van der Waals surface area contributed by atoms with Crippen molar-refractivity contribution < 1.29 is 36.2 Å². The largest absolute Gasteiger partial charge is 0.573 e. The number of hydrogen-bond donors (Lipinski definition) is 2. The first-order chi connectivity index (χ1) is 12.0. The number of nitrogens with one attached hydrogen (secondary N) is 1. The molecule has 0 aromatic heterocycles. The molecule has 0 unspecified atom stereocenters. The number of carboxylic acid groups (broad SMARTS) is 1. The molecule has 0 radical (unpaired) electrons. The number of carboxylic acids is 1. The van der Waals surface area contributed by atoms with Gasteiger partial charge in [0, 0.05) is 18.2 Å². The van der Waals surface area contributed by atoms with Crippen molar-refractivity contribution in [2.75, 3.05) is 13.1 Å². The van der Waals surface area contributed by atoms with E-state index < -0.39 is 34.1 Å². The predicted molar refractivity (Wildman–Crippen MR) is 85.1 cm³/mol. The van der Waals surface area contributed by atoms with Crippen LogP contribution in [-0.2, 0) is 14.8 Å². The summed E-state index contributed by atoms with van der Waals surface area (Å²) in [5.74, 6) is -1.58. The van der Waals surface area contributed by atoms with Crippen LogP contribution in [0.4, 0.5) is 13.2 Å². The monoisotopic (exact) mass is 396 g/mol. The van der Waals surface area contributed by atoms with Crippen LogP contribution in [0.3, 0.4) is 0 Å². The summed E-state index contributed by atoms with van der Waals surface area (Å²) in [6.45, 7) is 2.21. The highest BCUT2D eigenvalue weighted by Crippen LogP contribution is 2.28. The topological polar surface area (TPSA) is 95.9 Å². The summed E-state index contributed by atoms with van der Waals surface area (Å²) in [6, 6.07) is 3.69. The molecule has 2 N–H and O–H groups in total. The van der Waals surface area contributed by atoms with Crippen molar-refractivity contribution in [1.29, 1.82) is 0 Å². The fraction of sp³-hybridized carbons (Fsp3) is 0.533. The molecular weight excluding hydrogens is 377 g/mol. The van der Waals surface area contributed by atoms with Crippen LogP contribution in [-0.4, -0.2) is 55.9 Å². The summed E-state index contributed by atoms with van der Waals surface area (Å²) in [4.78, 5) is 12.2. The molecule has 26 heavy (non-hydrogen) atoms. The van der Waals surface area contributed by atoms with Gasteiger partial charge in [0.1, 0.15) is 5.75 Å². The first-order valence-electron chi connectivity index (χ1n) is 7.84. The number of carbonyl (C=O) groups is 1. The van der Waals surface area contributed by atoms with Crippen molar-refractivity contribution >= 4 is 16.0 Å². The molecule has 0 atom stereocenters. The van der Waals surface area contributed by atoms with Gasteiger partial charge in [0.25, 0.3) is 0 Å². The highest BCUT2D eigenvalue weighted by atomic mass is 32.2. The SMILES string of the molecule is CCN(CC(=O)O)C1CC(NS(=O)(=O)c2cccc(OC(F)(F)F)c2)C1. The van der Waals surface area contributed by atoms with E-state index in [-0.39, 0.29) is 17.5 Å². The number of sulfonamides is 1. The Morgan fingerprint density at radius 3 is 2.58 bits per heavy atom. The van der Waals surface area contributed by atoms with E-state index in [1.54, 1.807) is 4.90 Å². The average molecular weight is 396 g/mol. The highest BCUT2D eigenvalue weighted by molar-refractivity contribution is 7.89. The van der Waals surface area contributed by atoms with Crippen molar-refractivity contribution in [2.24, 2.45) is 0 Å². The van der Waals surface area contributed by atoms with Gasteiger partial charge in [-0.3, -0.25) is 9.69 Å². The molecule has 1 fully saturated rings. The van der Waals surface area contributed by atoms with Crippen LogP contribution in [0.2, 0.25) is 0 Å². The summed E-state index contributed by atoms with van der Waals surface area (Å²) in [5.41, 5.74) is 0. The van der Waals surface area contributed by atoms with Crippen LogP contribution in [0.1, 0.15) is 19.8 Å². The summed E-state index contributed by atoms with van der Waals surface area (Å²) >= 11 is 0. The second kappa shape index (κ2) is 7.80. The maximum absolute atomic E-state index is 12.3. The van der Waals surface area contributed by atoms with Crippen LogP contribution in [0.25, 0.3) is 0 Å². The molecule has 0 bridgehead atoms. The normalized spacial score (nSPS) is 20.7. The number of hydrogen-bond acceptors (Lipinski definition) is 5. The van der Waals surface area contributed by atoms with Crippen LogP contribution in [0, 0.1) is 0 Å². The predicted octanol–water partition coefficient (Wildman–Crippen LogP) is 1.80. The number of halogens is 3. The third kappa shape index (κ3) is 5.58. The maximum Gasteiger partial charge on any atom is 0.573 e. The number of benzene rings is 1. The van der Waals surface area contributed by atoms with E-state index in [4.69, 9.17) is 5.11 Å². The van der Waals surface area contributed by atoms with Crippen molar-refractivity contribution in [1.82, 2.24) is 9.62 Å². The fourth-order valence-electron chi connectivity index (χ4n) is 2.78. The zero-order valence-corrected chi connectivity index (χ0v) is 14.7. The Morgan fingerprint density at radius 2 is 2.04 bits per heavy atom. The van der Waals surface area contributed by atoms with Gasteiger partial charge < -0.3 is 9.84 Å². The van der Waals surface area contributed by atoms with E-state index in [0.29, 0.717) is 19.4 Å². The lowest BCUT2D eigenvalue weighted by Crippen LogP contribution is -2.54. The molecule has 1 aromatic rings. The van der Waals surface area contributed by atoms with Crippen LogP contribution < -0.4 is 9.46 Å². The molecule has 11 heteroatoms. The lowest BCUT2D eigenvalue weighted by Gasteiger charge is -2.42. The molecule has 0 aliphatic heterocycles. The number of nitrogens with zero attached hydrogens (tertiary/aromatic N) is 1. The van der Waals surface area contributed by atoms with E-state index >= 15 is 0 Å². The summed E-state index contributed by atoms with van der Waals surface area (Å²) < 4.78 is 67.6. The zero-order valence-electron chi connectivity index (χ0n) is 13.9. The summed E-state index contributed by atoms with van der Waals surface area (Å²) in [6.07, 6.45) is -4.05. The Kier molecular flexibility index (Phi) is 6.14. The molecule has 0 amide bonds. The van der Waals surface area contributed by atoms with E-state index in [1.807, 2.05) is 6.92 Å². The van der Waals surface area contributed by atoms with Gasteiger partial charge in [0.15, 0.2) is 0 Å². The van der Waals surface area contributed by atoms with Gasteiger partial charge in [-0.15, -0.1) is 13.2 Å². The minimum Gasteiger partial charge on any atom is -0.480 e. The Hall–Kier alpha value is -1.85. The van der Waals surface area contributed by atoms with Gasteiger partial charge in [-0.2, -0.15) is 0 Å². The summed E-state index contributed by atoms with van der Waals surface area (Å²) in [7, 11) is -4.01. The third-order valence-electron chi connectivity index (χ3n) is 4.05. The van der Waals surface area contributed by atoms with Crippen molar-refractivity contribution in [3.63, 3.8) is 0 Å². The lowest BCUT2D eigenvalue weighted by atomic mass is 9.86. The average Bonchev–Trinajstić information content (AvgIpc) is 2.47. The van der Waals surface area contributed by atoms with Crippen LogP contribution in [0.5, 0.6) is 5.75 Å². The number of rotatable bonds is 8. The molecule has 1 aromatic carbocycles. The van der Waals surface area contributed by atoms with E-state index in [2.05, 4.69) is 9.46 Å². The molecular formula is C15H19F3N2O5S. The van der Waals surface area contributed by atoms with Gasteiger partial charge in [0.2, 0.25) is 10.0 Å². The van der Waals surface area contributed by atoms with Crippen molar-refractivity contribution in [2.45, 2.75) is 43.1 Å². The molecule has 0 heterocycles. The number of alkyl halides is 3. The Balaban J connectivity index is 1.98. The number of aliphatic carboxylic acids is 1. The Bertz CT molecular complexity index is 748. The lowest BCUT2D eigenvalue weighted by molar-refractivity contribution is -0.274. The van der Waals surface area contributed by atoms with E-state index in [0.717, 1.165) is 18.2 Å². The second-order valence-corrected chi connectivity index (χ2v) is 7.64. The van der Waals surface area contributed by atoms with Gasteiger partial charge in [0.05, 0.1) is 11.4 Å². The third-order valence-corrected chi connectivity index (χ3v) is 5.56. The maximum atomic E-state index is 12.3. The molecule has 146 valence electrons.